The number of hydrogen-bond acceptors (Lipinski definition) is 18. The summed E-state index contributed by atoms with van der Waals surface area (Å²) in [6, 6.07) is -0.983. The van der Waals surface area contributed by atoms with Gasteiger partial charge in [-0.25, -0.2) is 0 Å². The number of nitrogens with one attached hydrogen (secondary N) is 1. The number of aliphatic hydroxyl groups is 11. The van der Waals surface area contributed by atoms with Crippen LogP contribution in [-0.2, 0) is 33.2 Å². The normalized spacial score (nSPS) is 31.6. The van der Waals surface area contributed by atoms with E-state index in [-0.39, 0.29) is 18.9 Å². The van der Waals surface area contributed by atoms with Crippen molar-refractivity contribution in [1.82, 2.24) is 5.32 Å². The van der Waals surface area contributed by atoms with Gasteiger partial charge < -0.3 is 89.9 Å². The summed E-state index contributed by atoms with van der Waals surface area (Å²) in [5.74, 6) is -0.286. The molecule has 3 heterocycles. The van der Waals surface area contributed by atoms with Crippen molar-refractivity contribution in [2.45, 2.75) is 291 Å². The van der Waals surface area contributed by atoms with Crippen molar-refractivity contribution in [2.24, 2.45) is 0 Å². The van der Waals surface area contributed by atoms with E-state index in [4.69, 9.17) is 28.4 Å². The van der Waals surface area contributed by atoms with Crippen molar-refractivity contribution in [1.29, 1.82) is 0 Å². The fourth-order valence-corrected chi connectivity index (χ4v) is 9.74. The fraction of sp³-hybridized carbons (Fsp3) is 0.909. The number of allylic oxidation sites excluding steroid dienone is 3. The molecular weight excluding hydrogens is 963 g/mol. The van der Waals surface area contributed by atoms with Crippen molar-refractivity contribution < 1.29 is 89.4 Å². The van der Waals surface area contributed by atoms with E-state index in [1.165, 1.54) is 116 Å². The molecule has 17 atom stereocenters. The number of rotatable bonds is 41. The Hall–Kier alpha value is -1.73. The molecule has 0 saturated carbocycles. The molecule has 0 aromatic rings. The molecule has 434 valence electrons. The summed E-state index contributed by atoms with van der Waals surface area (Å²) in [6.45, 7) is 1.66. The maximum absolute atomic E-state index is 13.3. The number of carbonyl (C=O) groups excluding carboxylic acids is 1. The van der Waals surface area contributed by atoms with Gasteiger partial charge in [0.25, 0.3) is 0 Å². The SMILES string of the molecule is CCCCCCC/C=C/CC/C=C/C(O)C(COC1OC(CO)C(OC2OC(CO)C(OC3OC(CO)C(O)C(O)C3O)C(O)C2O)C(O)C1O)NC(=O)CCCCCCCCCCCCCCCCCCCC. The zero-order chi connectivity index (χ0) is 54.1. The fourth-order valence-electron chi connectivity index (χ4n) is 9.74. The molecule has 0 aromatic carbocycles. The Labute approximate surface area is 441 Å². The lowest BCUT2D eigenvalue weighted by Gasteiger charge is -2.48. The minimum atomic E-state index is -1.98. The van der Waals surface area contributed by atoms with E-state index in [0.29, 0.717) is 12.8 Å². The van der Waals surface area contributed by atoms with Crippen molar-refractivity contribution in [3.05, 3.63) is 24.3 Å². The third-order valence-electron chi connectivity index (χ3n) is 14.5. The third kappa shape index (κ3) is 24.1. The first kappa shape index (κ1) is 66.5. The number of aliphatic hydroxyl groups excluding tert-OH is 11. The average Bonchev–Trinajstić information content (AvgIpc) is 3.40. The average molecular weight is 1060 g/mol. The summed E-state index contributed by atoms with van der Waals surface area (Å²) >= 11 is 0. The summed E-state index contributed by atoms with van der Waals surface area (Å²) in [4.78, 5) is 13.3. The molecule has 0 spiro atoms. The molecule has 0 aliphatic carbocycles. The molecule has 3 fully saturated rings. The molecule has 19 heteroatoms. The first-order chi connectivity index (χ1) is 35.8. The highest BCUT2D eigenvalue weighted by Gasteiger charge is 2.53. The second-order valence-electron chi connectivity index (χ2n) is 20.8. The molecule has 0 radical (unpaired) electrons. The molecule has 19 nitrogen and oxygen atoms in total. The molecule has 3 aliphatic rings. The van der Waals surface area contributed by atoms with E-state index >= 15 is 0 Å². The zero-order valence-electron chi connectivity index (χ0n) is 44.8. The number of carbonyl (C=O) groups is 1. The maximum Gasteiger partial charge on any atom is 0.220 e. The van der Waals surface area contributed by atoms with Gasteiger partial charge in [-0.05, 0) is 32.1 Å². The van der Waals surface area contributed by atoms with Crippen molar-refractivity contribution in [3.8, 4) is 0 Å². The highest BCUT2D eigenvalue weighted by Crippen LogP contribution is 2.33. The van der Waals surface area contributed by atoms with Gasteiger partial charge >= 0.3 is 0 Å². The molecule has 3 saturated heterocycles. The van der Waals surface area contributed by atoms with Gasteiger partial charge in [-0.15, -0.1) is 0 Å². The maximum atomic E-state index is 13.3. The smallest absolute Gasteiger partial charge is 0.220 e. The quantitative estimate of drug-likeness (QED) is 0.0304. The van der Waals surface area contributed by atoms with Gasteiger partial charge in [-0.1, -0.05) is 173 Å². The Morgan fingerprint density at radius 2 is 0.865 bits per heavy atom. The van der Waals surface area contributed by atoms with Crippen molar-refractivity contribution in [3.63, 3.8) is 0 Å². The summed E-state index contributed by atoms with van der Waals surface area (Å²) in [6.07, 6.45) is 11.8. The minimum Gasteiger partial charge on any atom is -0.394 e. The van der Waals surface area contributed by atoms with Crippen LogP contribution in [0.1, 0.15) is 187 Å². The van der Waals surface area contributed by atoms with Gasteiger partial charge in [0.1, 0.15) is 73.2 Å². The number of hydrogen-bond donors (Lipinski definition) is 12. The molecule has 3 rings (SSSR count). The Balaban J connectivity index is 1.51. The third-order valence-corrected chi connectivity index (χ3v) is 14.5. The summed E-state index contributed by atoms with van der Waals surface area (Å²) in [5.41, 5.74) is 0. The van der Waals surface area contributed by atoms with Crippen LogP contribution in [0.2, 0.25) is 0 Å². The highest BCUT2D eigenvalue weighted by atomic mass is 16.8. The lowest BCUT2D eigenvalue weighted by molar-refractivity contribution is -0.379. The van der Waals surface area contributed by atoms with Gasteiger partial charge in [-0.3, -0.25) is 4.79 Å². The van der Waals surface area contributed by atoms with Crippen LogP contribution >= 0.6 is 0 Å². The van der Waals surface area contributed by atoms with Crippen LogP contribution in [0.3, 0.4) is 0 Å². The van der Waals surface area contributed by atoms with Gasteiger partial charge in [0, 0.05) is 6.42 Å². The second-order valence-corrected chi connectivity index (χ2v) is 20.8. The number of ether oxygens (including phenoxy) is 6. The molecular formula is C55H101NO18. The van der Waals surface area contributed by atoms with E-state index in [0.717, 1.165) is 38.5 Å². The van der Waals surface area contributed by atoms with Crippen LogP contribution in [-0.4, -0.2) is 193 Å². The van der Waals surface area contributed by atoms with Crippen molar-refractivity contribution >= 4 is 5.91 Å². The predicted molar refractivity (Wildman–Crippen MR) is 277 cm³/mol. The highest BCUT2D eigenvalue weighted by molar-refractivity contribution is 5.76. The summed E-state index contributed by atoms with van der Waals surface area (Å²) < 4.78 is 34.1. The largest absolute Gasteiger partial charge is 0.394 e. The first-order valence-corrected chi connectivity index (χ1v) is 28.6. The predicted octanol–water partition coefficient (Wildman–Crippen LogP) is 3.98. The standard InChI is InChI=1S/C55H101NO18/c1-3-5-7-9-11-13-15-16-17-18-19-20-21-23-25-27-29-31-33-43(61)56-38(39(60)32-30-28-26-24-22-14-12-10-8-6-4-2)37-69-53-49(67)46(64)51(41(35-58)71-53)74-55-50(68)47(65)52(42(36-59)72-55)73-54-48(66)45(63)44(62)40(34-57)70-54/h22,24,30,32,38-42,44-55,57-60,62-68H,3-21,23,25-29,31,33-37H2,1-2H3,(H,56,61)/b24-22+,32-30+. The summed E-state index contributed by atoms with van der Waals surface area (Å²) in [7, 11) is 0. The number of unbranched alkanes of at least 4 members (excludes halogenated alkanes) is 23. The minimum absolute atomic E-state index is 0.239. The van der Waals surface area contributed by atoms with E-state index in [1.54, 1.807) is 6.08 Å². The lowest BCUT2D eigenvalue weighted by atomic mass is 9.96. The van der Waals surface area contributed by atoms with Crippen molar-refractivity contribution in [2.75, 3.05) is 26.4 Å². The van der Waals surface area contributed by atoms with E-state index in [1.807, 2.05) is 6.08 Å². The van der Waals surface area contributed by atoms with Crippen LogP contribution in [0.5, 0.6) is 0 Å². The molecule has 17 unspecified atom stereocenters. The second kappa shape index (κ2) is 39.6. The van der Waals surface area contributed by atoms with Crippen LogP contribution in [0, 0.1) is 0 Å². The van der Waals surface area contributed by atoms with E-state index in [9.17, 15) is 61.0 Å². The molecule has 0 aromatic heterocycles. The van der Waals surface area contributed by atoms with Gasteiger partial charge in [0.15, 0.2) is 18.9 Å². The molecule has 12 N–H and O–H groups in total. The van der Waals surface area contributed by atoms with Crippen LogP contribution in [0.15, 0.2) is 24.3 Å². The topological polar surface area (TPSA) is 307 Å². The van der Waals surface area contributed by atoms with E-state index in [2.05, 4.69) is 31.3 Å². The van der Waals surface area contributed by atoms with Crippen LogP contribution in [0.4, 0.5) is 0 Å². The Morgan fingerprint density at radius 3 is 1.35 bits per heavy atom. The number of amides is 1. The Morgan fingerprint density at radius 1 is 0.473 bits per heavy atom. The van der Waals surface area contributed by atoms with Crippen LogP contribution in [0.25, 0.3) is 0 Å². The zero-order valence-corrected chi connectivity index (χ0v) is 44.8. The Kier molecular flexibility index (Phi) is 35.6. The molecule has 3 aliphatic heterocycles. The molecule has 0 bridgehead atoms. The molecule has 1 amide bonds. The van der Waals surface area contributed by atoms with Crippen LogP contribution < -0.4 is 5.32 Å². The molecule has 74 heavy (non-hydrogen) atoms. The Bertz CT molecular complexity index is 1460. The lowest BCUT2D eigenvalue weighted by Crippen LogP contribution is -2.66. The van der Waals surface area contributed by atoms with Gasteiger partial charge in [0.05, 0.1) is 38.6 Å². The van der Waals surface area contributed by atoms with E-state index < -0.39 is 124 Å². The first-order valence-electron chi connectivity index (χ1n) is 28.6. The summed E-state index contributed by atoms with van der Waals surface area (Å²) in [5, 5.41) is 120. The van der Waals surface area contributed by atoms with Gasteiger partial charge in [-0.2, -0.15) is 0 Å². The van der Waals surface area contributed by atoms with Gasteiger partial charge in [0.2, 0.25) is 5.91 Å². The monoisotopic (exact) mass is 1060 g/mol.